The predicted octanol–water partition coefficient (Wildman–Crippen LogP) is 8.32. The minimum atomic E-state index is -4.44. The van der Waals surface area contributed by atoms with Crippen molar-refractivity contribution in [3.05, 3.63) is 102 Å². The number of carboxylic acids is 1. The number of alkyl halides is 3. The number of halogens is 3. The zero-order chi connectivity index (χ0) is 25.9. The lowest BCUT2D eigenvalue weighted by molar-refractivity contribution is -0.139. The molecule has 0 amide bonds. The van der Waals surface area contributed by atoms with Gasteiger partial charge in [-0.05, 0) is 53.3 Å². The molecule has 1 unspecified atom stereocenters. The molecule has 0 fully saturated rings. The molecule has 6 heteroatoms. The lowest BCUT2D eigenvalue weighted by Crippen LogP contribution is -2.14. The van der Waals surface area contributed by atoms with Crippen molar-refractivity contribution in [1.29, 1.82) is 0 Å². The summed E-state index contributed by atoms with van der Waals surface area (Å²) in [6.07, 6.45) is -4.01. The summed E-state index contributed by atoms with van der Waals surface area (Å²) >= 11 is 0. The van der Waals surface area contributed by atoms with E-state index in [0.29, 0.717) is 28.9 Å². The summed E-state index contributed by atoms with van der Waals surface area (Å²) in [5.41, 5.74) is 4.20. The molecule has 4 rings (SSSR count). The first-order valence-electron chi connectivity index (χ1n) is 11.7. The number of hydrogen-bond acceptors (Lipinski definition) is 2. The molecule has 0 bridgehead atoms. The minimum absolute atomic E-state index is 0.141. The summed E-state index contributed by atoms with van der Waals surface area (Å²) in [7, 11) is 0. The molecule has 1 aromatic heterocycles. The Labute approximate surface area is 208 Å². The number of benzene rings is 3. The molecule has 36 heavy (non-hydrogen) atoms. The standard InChI is InChI=1S/C30H26F3NO2/c1-19(2)16-26(29(35)36)24-17-27(22-10-8-21(9-11-22)20-6-4-3-5-7-20)34-28(18-24)23-12-14-25(15-13-23)30(31,32)33/h3-15,17-19,26H,16H2,1-2H3,(H,35,36). The Morgan fingerprint density at radius 2 is 1.25 bits per heavy atom. The molecule has 1 N–H and O–H groups in total. The first-order valence-corrected chi connectivity index (χ1v) is 11.7. The minimum Gasteiger partial charge on any atom is -0.481 e. The van der Waals surface area contributed by atoms with Gasteiger partial charge < -0.3 is 5.11 Å². The Bertz CT molecular complexity index is 1330. The Hall–Kier alpha value is -3.93. The molecule has 0 aliphatic heterocycles. The Kier molecular flexibility index (Phi) is 7.25. The van der Waals surface area contributed by atoms with Crippen molar-refractivity contribution < 1.29 is 23.1 Å². The van der Waals surface area contributed by atoms with E-state index in [9.17, 15) is 23.1 Å². The quantitative estimate of drug-likeness (QED) is 0.284. The highest BCUT2D eigenvalue weighted by molar-refractivity contribution is 5.79. The summed E-state index contributed by atoms with van der Waals surface area (Å²) in [4.78, 5) is 16.9. The van der Waals surface area contributed by atoms with Gasteiger partial charge in [-0.2, -0.15) is 13.2 Å². The normalized spacial score (nSPS) is 12.5. The van der Waals surface area contributed by atoms with Crippen LogP contribution < -0.4 is 0 Å². The molecule has 0 saturated heterocycles. The van der Waals surface area contributed by atoms with E-state index in [4.69, 9.17) is 4.98 Å². The number of aliphatic carboxylic acids is 1. The van der Waals surface area contributed by atoms with Crippen LogP contribution in [0.2, 0.25) is 0 Å². The van der Waals surface area contributed by atoms with Crippen LogP contribution in [0.15, 0.2) is 91.0 Å². The number of carboxylic acid groups (broad SMARTS) is 1. The van der Waals surface area contributed by atoms with E-state index in [-0.39, 0.29) is 5.92 Å². The summed E-state index contributed by atoms with van der Waals surface area (Å²) in [6.45, 7) is 3.91. The second-order valence-corrected chi connectivity index (χ2v) is 9.21. The van der Waals surface area contributed by atoms with Gasteiger partial charge in [-0.1, -0.05) is 80.6 Å². The van der Waals surface area contributed by atoms with E-state index in [2.05, 4.69) is 0 Å². The maximum Gasteiger partial charge on any atom is 0.416 e. The van der Waals surface area contributed by atoms with Crippen molar-refractivity contribution in [1.82, 2.24) is 4.98 Å². The van der Waals surface area contributed by atoms with Crippen LogP contribution in [0.3, 0.4) is 0 Å². The number of rotatable bonds is 7. The second kappa shape index (κ2) is 10.4. The number of nitrogens with zero attached hydrogens (tertiary/aromatic N) is 1. The van der Waals surface area contributed by atoms with Crippen LogP contribution in [0.25, 0.3) is 33.6 Å². The van der Waals surface area contributed by atoms with Crippen LogP contribution in [-0.2, 0) is 11.0 Å². The largest absolute Gasteiger partial charge is 0.481 e. The van der Waals surface area contributed by atoms with Crippen LogP contribution >= 0.6 is 0 Å². The average molecular weight is 490 g/mol. The van der Waals surface area contributed by atoms with Gasteiger partial charge in [-0.3, -0.25) is 4.79 Å². The van der Waals surface area contributed by atoms with Gasteiger partial charge in [0.15, 0.2) is 0 Å². The van der Waals surface area contributed by atoms with Gasteiger partial charge in [0.2, 0.25) is 0 Å². The van der Waals surface area contributed by atoms with Gasteiger partial charge in [0.05, 0.1) is 22.9 Å². The third kappa shape index (κ3) is 5.82. The van der Waals surface area contributed by atoms with Gasteiger partial charge in [0.1, 0.15) is 0 Å². The van der Waals surface area contributed by atoms with Crippen LogP contribution in [-0.4, -0.2) is 16.1 Å². The van der Waals surface area contributed by atoms with Gasteiger partial charge in [0.25, 0.3) is 0 Å². The fraction of sp³-hybridized carbons (Fsp3) is 0.200. The molecule has 4 aromatic rings. The molecular weight excluding hydrogens is 463 g/mol. The van der Waals surface area contributed by atoms with Gasteiger partial charge >= 0.3 is 12.1 Å². The van der Waals surface area contributed by atoms with Crippen molar-refractivity contribution in [2.75, 3.05) is 0 Å². The summed E-state index contributed by atoms with van der Waals surface area (Å²) < 4.78 is 39.2. The van der Waals surface area contributed by atoms with Crippen molar-refractivity contribution in [3.8, 4) is 33.6 Å². The molecule has 0 radical (unpaired) electrons. The summed E-state index contributed by atoms with van der Waals surface area (Å²) in [5, 5.41) is 9.94. The van der Waals surface area contributed by atoms with Crippen LogP contribution in [0.1, 0.15) is 37.3 Å². The Morgan fingerprint density at radius 1 is 0.778 bits per heavy atom. The van der Waals surface area contributed by atoms with Crippen LogP contribution in [0.5, 0.6) is 0 Å². The van der Waals surface area contributed by atoms with Crippen molar-refractivity contribution >= 4 is 5.97 Å². The molecule has 1 heterocycles. The molecular formula is C30H26F3NO2. The first-order chi connectivity index (χ1) is 17.1. The fourth-order valence-corrected chi connectivity index (χ4v) is 4.19. The van der Waals surface area contributed by atoms with Crippen molar-refractivity contribution in [2.24, 2.45) is 5.92 Å². The topological polar surface area (TPSA) is 50.2 Å². The highest BCUT2D eigenvalue weighted by Gasteiger charge is 2.30. The zero-order valence-electron chi connectivity index (χ0n) is 20.0. The van der Waals surface area contributed by atoms with Gasteiger partial charge in [-0.15, -0.1) is 0 Å². The maximum atomic E-state index is 13.1. The Morgan fingerprint density at radius 3 is 1.72 bits per heavy atom. The lowest BCUT2D eigenvalue weighted by atomic mass is 9.89. The van der Waals surface area contributed by atoms with Crippen molar-refractivity contribution in [3.63, 3.8) is 0 Å². The SMILES string of the molecule is CC(C)CC(C(=O)O)c1cc(-c2ccc(-c3ccccc3)cc2)nc(-c2ccc(C(F)(F)F)cc2)c1. The molecule has 0 aliphatic carbocycles. The number of aromatic nitrogens is 1. The zero-order valence-corrected chi connectivity index (χ0v) is 20.0. The van der Waals surface area contributed by atoms with Crippen LogP contribution in [0, 0.1) is 5.92 Å². The predicted molar refractivity (Wildman–Crippen MR) is 135 cm³/mol. The number of carbonyl (C=O) groups is 1. The van der Waals surface area contributed by atoms with E-state index >= 15 is 0 Å². The first kappa shape index (κ1) is 25.2. The molecule has 0 aliphatic rings. The second-order valence-electron chi connectivity index (χ2n) is 9.21. The van der Waals surface area contributed by atoms with Crippen LogP contribution in [0.4, 0.5) is 13.2 Å². The molecule has 184 valence electrons. The monoisotopic (exact) mass is 489 g/mol. The van der Waals surface area contributed by atoms with E-state index < -0.39 is 23.6 Å². The average Bonchev–Trinajstić information content (AvgIpc) is 2.87. The van der Waals surface area contributed by atoms with Gasteiger partial charge in [0, 0.05) is 11.1 Å². The third-order valence-corrected chi connectivity index (χ3v) is 6.05. The molecule has 1 atom stereocenters. The lowest BCUT2D eigenvalue weighted by Gasteiger charge is -2.18. The number of pyridine rings is 1. The summed E-state index contributed by atoms with van der Waals surface area (Å²) in [5.74, 6) is -1.57. The van der Waals surface area contributed by atoms with E-state index in [1.165, 1.54) is 12.1 Å². The highest BCUT2D eigenvalue weighted by atomic mass is 19.4. The van der Waals surface area contributed by atoms with E-state index in [1.807, 2.05) is 68.4 Å². The number of hydrogen-bond donors (Lipinski definition) is 1. The Balaban J connectivity index is 1.80. The van der Waals surface area contributed by atoms with Crippen molar-refractivity contribution in [2.45, 2.75) is 32.4 Å². The third-order valence-electron chi connectivity index (χ3n) is 6.05. The van der Waals surface area contributed by atoms with E-state index in [0.717, 1.165) is 28.8 Å². The highest BCUT2D eigenvalue weighted by Crippen LogP contribution is 2.34. The molecule has 3 aromatic carbocycles. The summed E-state index contributed by atoms with van der Waals surface area (Å²) in [6, 6.07) is 25.9. The van der Waals surface area contributed by atoms with Gasteiger partial charge in [-0.25, -0.2) is 4.98 Å². The molecule has 0 saturated carbocycles. The molecule has 3 nitrogen and oxygen atoms in total. The van der Waals surface area contributed by atoms with E-state index in [1.54, 1.807) is 12.1 Å². The smallest absolute Gasteiger partial charge is 0.416 e. The molecule has 0 spiro atoms. The maximum absolute atomic E-state index is 13.1. The fourth-order valence-electron chi connectivity index (χ4n) is 4.19.